The second kappa shape index (κ2) is 6.89. The fourth-order valence-electron chi connectivity index (χ4n) is 2.74. The van der Waals surface area contributed by atoms with Crippen LogP contribution in [-0.4, -0.2) is 39.5 Å². The summed E-state index contributed by atoms with van der Waals surface area (Å²) in [5.41, 5.74) is 0. The summed E-state index contributed by atoms with van der Waals surface area (Å²) in [5.74, 6) is 0. The van der Waals surface area contributed by atoms with Gasteiger partial charge in [-0.05, 0) is 55.0 Å². The number of hydrogen-bond acceptors (Lipinski definition) is 4. The van der Waals surface area contributed by atoms with Gasteiger partial charge in [0.05, 0.1) is 15.0 Å². The van der Waals surface area contributed by atoms with Crippen molar-refractivity contribution in [3.63, 3.8) is 0 Å². The molecule has 0 amide bonds. The molecule has 0 aromatic heterocycles. The van der Waals surface area contributed by atoms with E-state index in [-0.39, 0.29) is 29.3 Å². The van der Waals surface area contributed by atoms with Gasteiger partial charge < -0.3 is 0 Å². The summed E-state index contributed by atoms with van der Waals surface area (Å²) in [6.45, 7) is 0.0817. The zero-order chi connectivity index (χ0) is 18.2. The molecule has 1 fully saturated rings. The lowest BCUT2D eigenvalue weighted by Gasteiger charge is -2.17. The molecule has 1 saturated heterocycles. The van der Waals surface area contributed by atoms with Crippen molar-refractivity contribution < 1.29 is 16.8 Å². The molecule has 1 atom stereocenters. The number of sulfonamides is 1. The lowest BCUT2D eigenvalue weighted by molar-refractivity contribution is 0.476. The van der Waals surface area contributed by atoms with E-state index in [2.05, 4.69) is 0 Å². The summed E-state index contributed by atoms with van der Waals surface area (Å²) in [6.07, 6.45) is 0.248. The van der Waals surface area contributed by atoms with Crippen LogP contribution in [0.3, 0.4) is 0 Å². The van der Waals surface area contributed by atoms with E-state index in [4.69, 9.17) is 23.2 Å². The molecule has 0 saturated carbocycles. The molecule has 2 aromatic carbocycles. The molecule has 25 heavy (non-hydrogen) atoms. The van der Waals surface area contributed by atoms with Crippen molar-refractivity contribution >= 4 is 43.1 Å². The summed E-state index contributed by atoms with van der Waals surface area (Å²) in [5, 5.41) is 0.0941. The second-order valence-electron chi connectivity index (χ2n) is 5.73. The highest BCUT2D eigenvalue weighted by Crippen LogP contribution is 2.29. The minimum Gasteiger partial charge on any atom is -0.223 e. The fraction of sp³-hybridized carbons (Fsp3) is 0.250. The molecule has 0 bridgehead atoms. The van der Waals surface area contributed by atoms with Crippen LogP contribution in [0.15, 0.2) is 58.3 Å². The maximum Gasteiger partial charge on any atom is 0.243 e. The molecule has 5 nitrogen and oxygen atoms in total. The van der Waals surface area contributed by atoms with Gasteiger partial charge in [-0.25, -0.2) is 16.8 Å². The Balaban J connectivity index is 1.83. The number of hydrogen-bond donors (Lipinski definition) is 0. The molecule has 1 aliphatic rings. The van der Waals surface area contributed by atoms with Gasteiger partial charge >= 0.3 is 0 Å². The molecule has 1 unspecified atom stereocenters. The number of halogens is 2. The summed E-state index contributed by atoms with van der Waals surface area (Å²) >= 11 is 11.6. The SMILES string of the molecule is O=S(=O)(c1ccc(Cl)cc1)C1CCN(S(=O)(=O)c2ccc(Cl)cc2)C1. The lowest BCUT2D eigenvalue weighted by Crippen LogP contribution is -2.32. The average Bonchev–Trinajstić information content (AvgIpc) is 3.07. The van der Waals surface area contributed by atoms with Crippen LogP contribution >= 0.6 is 23.2 Å². The Morgan fingerprint density at radius 3 is 1.80 bits per heavy atom. The molecule has 0 aliphatic carbocycles. The van der Waals surface area contributed by atoms with E-state index in [0.29, 0.717) is 10.0 Å². The van der Waals surface area contributed by atoms with Crippen molar-refractivity contribution in [2.24, 2.45) is 0 Å². The van der Waals surface area contributed by atoms with Gasteiger partial charge in [-0.15, -0.1) is 0 Å². The highest BCUT2D eigenvalue weighted by Gasteiger charge is 2.39. The zero-order valence-corrected chi connectivity index (χ0v) is 16.1. The molecular formula is C16H15Cl2NO4S2. The minimum absolute atomic E-state index is 0.0735. The van der Waals surface area contributed by atoms with Crippen molar-refractivity contribution in [3.8, 4) is 0 Å². The van der Waals surface area contributed by atoms with Gasteiger partial charge in [-0.2, -0.15) is 4.31 Å². The maximum absolute atomic E-state index is 12.7. The van der Waals surface area contributed by atoms with Crippen LogP contribution in [0.25, 0.3) is 0 Å². The van der Waals surface area contributed by atoms with Crippen molar-refractivity contribution in [1.29, 1.82) is 0 Å². The Labute approximate surface area is 157 Å². The molecule has 0 radical (unpaired) electrons. The molecule has 3 rings (SSSR count). The Hall–Kier alpha value is -1.12. The molecule has 0 spiro atoms. The van der Waals surface area contributed by atoms with Crippen LogP contribution in [0, 0.1) is 0 Å². The predicted octanol–water partition coefficient (Wildman–Crippen LogP) is 3.23. The zero-order valence-electron chi connectivity index (χ0n) is 13.0. The molecule has 134 valence electrons. The third kappa shape index (κ3) is 3.71. The largest absolute Gasteiger partial charge is 0.243 e. The number of sulfone groups is 1. The monoisotopic (exact) mass is 419 g/mol. The maximum atomic E-state index is 12.7. The van der Waals surface area contributed by atoms with E-state index in [0.717, 1.165) is 0 Å². The first kappa shape index (κ1) is 18.7. The molecule has 9 heteroatoms. The smallest absolute Gasteiger partial charge is 0.223 e. The van der Waals surface area contributed by atoms with E-state index in [1.807, 2.05) is 0 Å². The van der Waals surface area contributed by atoms with Crippen molar-refractivity contribution in [2.45, 2.75) is 21.5 Å². The minimum atomic E-state index is -3.75. The van der Waals surface area contributed by atoms with E-state index in [9.17, 15) is 16.8 Å². The van der Waals surface area contributed by atoms with Gasteiger partial charge in [0, 0.05) is 23.1 Å². The Kier molecular flexibility index (Phi) is 5.14. The number of benzene rings is 2. The van der Waals surface area contributed by atoms with Crippen molar-refractivity contribution in [3.05, 3.63) is 58.6 Å². The van der Waals surface area contributed by atoms with E-state index >= 15 is 0 Å². The Bertz CT molecular complexity index is 890. The van der Waals surface area contributed by atoms with E-state index < -0.39 is 25.1 Å². The molecule has 2 aromatic rings. The molecule has 1 heterocycles. The summed E-state index contributed by atoms with van der Waals surface area (Å²) in [7, 11) is -7.37. The third-order valence-electron chi connectivity index (χ3n) is 4.14. The first-order valence-electron chi connectivity index (χ1n) is 7.46. The fourth-order valence-corrected chi connectivity index (χ4v) is 6.28. The van der Waals surface area contributed by atoms with Crippen LogP contribution in [0.1, 0.15) is 6.42 Å². The van der Waals surface area contributed by atoms with Gasteiger partial charge in [0.25, 0.3) is 0 Å². The highest BCUT2D eigenvalue weighted by atomic mass is 35.5. The summed E-state index contributed by atoms with van der Waals surface area (Å²) in [4.78, 5) is 0.245. The van der Waals surface area contributed by atoms with Gasteiger partial charge in [0.2, 0.25) is 10.0 Å². The number of rotatable bonds is 4. The van der Waals surface area contributed by atoms with Crippen LogP contribution in [-0.2, 0) is 19.9 Å². The molecular weight excluding hydrogens is 405 g/mol. The predicted molar refractivity (Wildman–Crippen MR) is 97.3 cm³/mol. The van der Waals surface area contributed by atoms with Gasteiger partial charge in [0.1, 0.15) is 0 Å². The highest BCUT2D eigenvalue weighted by molar-refractivity contribution is 7.92. The van der Waals surface area contributed by atoms with Crippen molar-refractivity contribution in [2.75, 3.05) is 13.1 Å². The standard InChI is InChI=1S/C16H15Cl2NO4S2/c17-12-1-5-14(6-2-12)24(20,21)16-9-10-19(11-16)25(22,23)15-7-3-13(18)4-8-15/h1-8,16H,9-11H2. The van der Waals surface area contributed by atoms with Crippen LogP contribution in [0.5, 0.6) is 0 Å². The third-order valence-corrected chi connectivity index (χ3v) is 8.72. The first-order chi connectivity index (χ1) is 11.7. The van der Waals surface area contributed by atoms with Crippen LogP contribution in [0.2, 0.25) is 10.0 Å². The first-order valence-corrected chi connectivity index (χ1v) is 11.2. The average molecular weight is 420 g/mol. The van der Waals surface area contributed by atoms with Gasteiger partial charge in [-0.1, -0.05) is 23.2 Å². The van der Waals surface area contributed by atoms with Crippen LogP contribution in [0.4, 0.5) is 0 Å². The normalized spacial score (nSPS) is 19.2. The second-order valence-corrected chi connectivity index (χ2v) is 10.8. The van der Waals surface area contributed by atoms with E-state index in [1.54, 1.807) is 0 Å². The molecule has 1 aliphatic heterocycles. The van der Waals surface area contributed by atoms with Gasteiger partial charge in [-0.3, -0.25) is 0 Å². The lowest BCUT2D eigenvalue weighted by atomic mass is 10.4. The van der Waals surface area contributed by atoms with E-state index in [1.165, 1.54) is 52.8 Å². The van der Waals surface area contributed by atoms with Crippen LogP contribution < -0.4 is 0 Å². The Morgan fingerprint density at radius 2 is 1.28 bits per heavy atom. The van der Waals surface area contributed by atoms with Crippen molar-refractivity contribution in [1.82, 2.24) is 4.31 Å². The quantitative estimate of drug-likeness (QED) is 0.762. The molecule has 0 N–H and O–H groups in total. The summed E-state index contributed by atoms with van der Waals surface area (Å²) in [6, 6.07) is 11.7. The Morgan fingerprint density at radius 1 is 0.800 bits per heavy atom. The topological polar surface area (TPSA) is 71.5 Å². The number of nitrogens with zero attached hydrogens (tertiary/aromatic N) is 1. The van der Waals surface area contributed by atoms with Gasteiger partial charge in [0.15, 0.2) is 9.84 Å². The summed E-state index contributed by atoms with van der Waals surface area (Å²) < 4.78 is 52.0.